The summed E-state index contributed by atoms with van der Waals surface area (Å²) in [6.45, 7) is 8.06. The van der Waals surface area contributed by atoms with Crippen molar-refractivity contribution in [2.24, 2.45) is 5.92 Å². The standard InChI is InChI=1S/C11H22INO2/c1-11(2,14)10-4-7-13(8-5-10)6-3-9-15-12/h10,14H,3-9H2,1-2H3. The van der Waals surface area contributed by atoms with E-state index in [1.54, 1.807) is 0 Å². The van der Waals surface area contributed by atoms with Gasteiger partial charge < -0.3 is 13.1 Å². The Labute approximate surface area is 107 Å². The van der Waals surface area contributed by atoms with Gasteiger partial charge in [0.15, 0.2) is 0 Å². The van der Waals surface area contributed by atoms with Gasteiger partial charge in [0.2, 0.25) is 0 Å². The molecule has 1 saturated heterocycles. The van der Waals surface area contributed by atoms with Gasteiger partial charge in [0.05, 0.1) is 12.2 Å². The molecule has 0 saturated carbocycles. The van der Waals surface area contributed by atoms with E-state index < -0.39 is 5.60 Å². The molecule has 1 aliphatic heterocycles. The van der Waals surface area contributed by atoms with E-state index in [4.69, 9.17) is 3.07 Å². The van der Waals surface area contributed by atoms with Gasteiger partial charge in [-0.1, -0.05) is 0 Å². The highest BCUT2D eigenvalue weighted by atomic mass is 127. The molecule has 3 nitrogen and oxygen atoms in total. The number of rotatable bonds is 5. The van der Waals surface area contributed by atoms with Gasteiger partial charge in [-0.05, 0) is 52.1 Å². The maximum Gasteiger partial charge on any atom is 0.109 e. The highest BCUT2D eigenvalue weighted by Gasteiger charge is 2.30. The largest absolute Gasteiger partial charge is 0.390 e. The topological polar surface area (TPSA) is 32.7 Å². The third-order valence-electron chi connectivity index (χ3n) is 3.28. The Morgan fingerprint density at radius 1 is 1.40 bits per heavy atom. The van der Waals surface area contributed by atoms with Crippen molar-refractivity contribution in [1.29, 1.82) is 0 Å². The molecule has 0 radical (unpaired) electrons. The smallest absolute Gasteiger partial charge is 0.109 e. The van der Waals surface area contributed by atoms with Crippen molar-refractivity contribution in [1.82, 2.24) is 4.90 Å². The zero-order chi connectivity index (χ0) is 11.3. The van der Waals surface area contributed by atoms with Crippen molar-refractivity contribution >= 4 is 23.0 Å². The zero-order valence-corrected chi connectivity index (χ0v) is 11.9. The number of hydrogen-bond donors (Lipinski definition) is 1. The van der Waals surface area contributed by atoms with Crippen LogP contribution in [0.25, 0.3) is 0 Å². The molecule has 0 bridgehead atoms. The summed E-state index contributed by atoms with van der Waals surface area (Å²) in [5.74, 6) is 0.467. The van der Waals surface area contributed by atoms with Gasteiger partial charge in [0.25, 0.3) is 0 Å². The lowest BCUT2D eigenvalue weighted by molar-refractivity contribution is -0.0128. The van der Waals surface area contributed by atoms with E-state index in [9.17, 15) is 5.11 Å². The fraction of sp³-hybridized carbons (Fsp3) is 1.00. The molecular weight excluding hydrogens is 305 g/mol. The average Bonchev–Trinajstić information content (AvgIpc) is 2.18. The second-order valence-electron chi connectivity index (χ2n) is 4.94. The fourth-order valence-corrected chi connectivity index (χ4v) is 2.52. The Kier molecular flexibility index (Phi) is 5.81. The first kappa shape index (κ1) is 13.7. The molecule has 1 rings (SSSR count). The molecule has 90 valence electrons. The Hall–Kier alpha value is 0.610. The predicted octanol–water partition coefficient (Wildman–Crippen LogP) is 2.23. The normalized spacial score (nSPS) is 20.8. The van der Waals surface area contributed by atoms with E-state index in [1.165, 1.54) is 0 Å². The molecule has 0 atom stereocenters. The van der Waals surface area contributed by atoms with Gasteiger partial charge >= 0.3 is 0 Å². The van der Waals surface area contributed by atoms with Crippen LogP contribution in [0.3, 0.4) is 0 Å². The number of aliphatic hydroxyl groups is 1. The first-order valence-corrected chi connectivity index (χ1v) is 6.60. The summed E-state index contributed by atoms with van der Waals surface area (Å²) in [6, 6.07) is 0. The van der Waals surface area contributed by atoms with E-state index in [2.05, 4.69) is 4.90 Å². The maximum atomic E-state index is 9.90. The first-order valence-electron chi connectivity index (χ1n) is 5.72. The molecule has 0 aliphatic carbocycles. The minimum Gasteiger partial charge on any atom is -0.390 e. The molecule has 1 aliphatic rings. The summed E-state index contributed by atoms with van der Waals surface area (Å²) in [7, 11) is 0. The quantitative estimate of drug-likeness (QED) is 0.621. The molecule has 4 heteroatoms. The predicted molar refractivity (Wildman–Crippen MR) is 70.1 cm³/mol. The van der Waals surface area contributed by atoms with Crippen molar-refractivity contribution in [2.45, 2.75) is 38.7 Å². The lowest BCUT2D eigenvalue weighted by atomic mass is 9.83. The van der Waals surface area contributed by atoms with E-state index in [0.717, 1.165) is 45.5 Å². The van der Waals surface area contributed by atoms with Crippen LogP contribution in [0.15, 0.2) is 0 Å². The van der Waals surface area contributed by atoms with E-state index in [-0.39, 0.29) is 0 Å². The molecule has 0 unspecified atom stereocenters. The van der Waals surface area contributed by atoms with Crippen LogP contribution in [0.2, 0.25) is 0 Å². The van der Waals surface area contributed by atoms with Crippen LogP contribution in [0.4, 0.5) is 0 Å². The van der Waals surface area contributed by atoms with Crippen LogP contribution in [-0.2, 0) is 3.07 Å². The maximum absolute atomic E-state index is 9.90. The summed E-state index contributed by atoms with van der Waals surface area (Å²) < 4.78 is 5.01. The summed E-state index contributed by atoms with van der Waals surface area (Å²) >= 11 is 1.94. The van der Waals surface area contributed by atoms with Gasteiger partial charge in [-0.2, -0.15) is 0 Å². The molecule has 0 amide bonds. The minimum atomic E-state index is -0.503. The molecule has 0 aromatic rings. The number of piperidine rings is 1. The van der Waals surface area contributed by atoms with E-state index in [0.29, 0.717) is 5.92 Å². The lowest BCUT2D eigenvalue weighted by Crippen LogP contribution is -2.42. The van der Waals surface area contributed by atoms with Crippen molar-refractivity contribution in [2.75, 3.05) is 26.2 Å². The Morgan fingerprint density at radius 2 is 2.00 bits per heavy atom. The van der Waals surface area contributed by atoms with Crippen molar-refractivity contribution in [3.8, 4) is 0 Å². The first-order chi connectivity index (χ1) is 7.04. The van der Waals surface area contributed by atoms with Gasteiger partial charge in [-0.25, -0.2) is 0 Å². The molecular formula is C11H22INO2. The molecule has 15 heavy (non-hydrogen) atoms. The van der Waals surface area contributed by atoms with Crippen LogP contribution in [0, 0.1) is 5.92 Å². The van der Waals surface area contributed by atoms with Gasteiger partial charge in [0, 0.05) is 6.54 Å². The summed E-state index contributed by atoms with van der Waals surface area (Å²) in [4.78, 5) is 2.47. The van der Waals surface area contributed by atoms with E-state index in [1.807, 2.05) is 36.9 Å². The highest BCUT2D eigenvalue weighted by Crippen LogP contribution is 2.27. The zero-order valence-electron chi connectivity index (χ0n) is 9.71. The number of halogens is 1. The average molecular weight is 327 g/mol. The fourth-order valence-electron chi connectivity index (χ4n) is 2.21. The van der Waals surface area contributed by atoms with Crippen LogP contribution in [0.5, 0.6) is 0 Å². The second kappa shape index (κ2) is 6.37. The molecule has 1 heterocycles. The minimum absolute atomic E-state index is 0.467. The summed E-state index contributed by atoms with van der Waals surface area (Å²) in [5.41, 5.74) is -0.503. The molecule has 0 aromatic heterocycles. The lowest BCUT2D eigenvalue weighted by Gasteiger charge is -2.37. The third-order valence-corrected chi connectivity index (χ3v) is 3.72. The van der Waals surface area contributed by atoms with E-state index >= 15 is 0 Å². The molecule has 0 aromatic carbocycles. The second-order valence-corrected chi connectivity index (χ2v) is 5.56. The van der Waals surface area contributed by atoms with Gasteiger partial charge in [0.1, 0.15) is 23.0 Å². The summed E-state index contributed by atoms with van der Waals surface area (Å²) in [5, 5.41) is 9.90. The van der Waals surface area contributed by atoms with Crippen molar-refractivity contribution in [3.05, 3.63) is 0 Å². The van der Waals surface area contributed by atoms with Crippen LogP contribution in [0.1, 0.15) is 33.1 Å². The monoisotopic (exact) mass is 327 g/mol. The van der Waals surface area contributed by atoms with Crippen molar-refractivity contribution in [3.63, 3.8) is 0 Å². The van der Waals surface area contributed by atoms with Gasteiger partial charge in [-0.15, -0.1) is 0 Å². The SMILES string of the molecule is CC(C)(O)C1CCN(CCCOI)CC1. The molecule has 1 fully saturated rings. The Balaban J connectivity index is 2.18. The third kappa shape index (κ3) is 4.97. The van der Waals surface area contributed by atoms with Crippen molar-refractivity contribution < 1.29 is 8.17 Å². The highest BCUT2D eigenvalue weighted by molar-refractivity contribution is 14.1. The number of nitrogens with zero attached hydrogens (tertiary/aromatic N) is 1. The van der Waals surface area contributed by atoms with Crippen LogP contribution in [-0.4, -0.2) is 41.8 Å². The Morgan fingerprint density at radius 3 is 2.47 bits per heavy atom. The van der Waals surface area contributed by atoms with Gasteiger partial charge in [-0.3, -0.25) is 0 Å². The molecule has 1 N–H and O–H groups in total. The molecule has 0 spiro atoms. The van der Waals surface area contributed by atoms with Crippen LogP contribution >= 0.6 is 23.0 Å². The Bertz CT molecular complexity index is 174. The number of likely N-dealkylation sites (tertiary alicyclic amines) is 1. The number of hydrogen-bond acceptors (Lipinski definition) is 3. The van der Waals surface area contributed by atoms with Crippen LogP contribution < -0.4 is 0 Å². The summed E-state index contributed by atoms with van der Waals surface area (Å²) in [6.07, 6.45) is 3.35.